The van der Waals surface area contributed by atoms with Gasteiger partial charge in [0.05, 0.1) is 16.3 Å². The van der Waals surface area contributed by atoms with E-state index in [1.54, 1.807) is 18.2 Å². The van der Waals surface area contributed by atoms with Crippen LogP contribution in [0.5, 0.6) is 0 Å². The number of nitrogen functional groups attached to an aromatic ring is 1. The van der Waals surface area contributed by atoms with Crippen LogP contribution in [0.4, 0.5) is 5.69 Å². The molecule has 0 amide bonds. The van der Waals surface area contributed by atoms with Gasteiger partial charge in [-0.2, -0.15) is 5.26 Å². The first kappa shape index (κ1) is 10.6. The summed E-state index contributed by atoms with van der Waals surface area (Å²) in [6.45, 7) is 3.56. The molecule has 0 radical (unpaired) electrons. The summed E-state index contributed by atoms with van der Waals surface area (Å²) >= 11 is 5.83. The van der Waals surface area contributed by atoms with E-state index >= 15 is 0 Å². The van der Waals surface area contributed by atoms with E-state index in [9.17, 15) is 0 Å². The van der Waals surface area contributed by atoms with Crippen molar-refractivity contribution in [1.82, 2.24) is 0 Å². The maximum Gasteiger partial charge on any atom is 0.101 e. The lowest BCUT2D eigenvalue weighted by Gasteiger charge is -2.09. The predicted octanol–water partition coefficient (Wildman–Crippen LogP) is 1.98. The average Bonchev–Trinajstić information content (AvgIpc) is 2.20. The zero-order valence-electron chi connectivity index (χ0n) is 7.50. The van der Waals surface area contributed by atoms with Crippen LogP contribution in [0.1, 0.15) is 17.2 Å². The molecule has 0 aromatic heterocycles. The molecule has 0 spiro atoms. The maximum atomic E-state index is 8.77. The SMILES string of the molecule is C=CC(N)c1cc(Cl)c(N)c(C#N)c1. The summed E-state index contributed by atoms with van der Waals surface area (Å²) in [6.07, 6.45) is 1.57. The molecule has 1 rings (SSSR count). The molecule has 72 valence electrons. The Hall–Kier alpha value is -1.50. The Kier molecular flexibility index (Phi) is 3.13. The molecule has 4 N–H and O–H groups in total. The summed E-state index contributed by atoms with van der Waals surface area (Å²) in [5.41, 5.74) is 12.6. The number of nitrogens with zero attached hydrogens (tertiary/aromatic N) is 1. The minimum absolute atomic E-state index is 0.286. The highest BCUT2D eigenvalue weighted by Gasteiger charge is 2.09. The van der Waals surface area contributed by atoms with Crippen molar-refractivity contribution in [3.63, 3.8) is 0 Å². The van der Waals surface area contributed by atoms with Crippen molar-refractivity contribution in [3.8, 4) is 6.07 Å². The van der Waals surface area contributed by atoms with Crippen LogP contribution in [0, 0.1) is 11.3 Å². The van der Waals surface area contributed by atoms with Crippen LogP contribution in [0.2, 0.25) is 5.02 Å². The second-order valence-electron chi connectivity index (χ2n) is 2.84. The Bertz CT molecular complexity index is 407. The predicted molar refractivity (Wildman–Crippen MR) is 57.7 cm³/mol. The summed E-state index contributed by atoms with van der Waals surface area (Å²) in [7, 11) is 0. The fourth-order valence-corrected chi connectivity index (χ4v) is 1.29. The molecule has 0 aliphatic rings. The first-order chi connectivity index (χ1) is 6.60. The Balaban J connectivity index is 3.31. The third kappa shape index (κ3) is 1.87. The topological polar surface area (TPSA) is 75.8 Å². The van der Waals surface area contributed by atoms with E-state index in [4.69, 9.17) is 28.3 Å². The van der Waals surface area contributed by atoms with E-state index in [2.05, 4.69) is 6.58 Å². The zero-order chi connectivity index (χ0) is 10.7. The fraction of sp³-hybridized carbons (Fsp3) is 0.100. The van der Waals surface area contributed by atoms with E-state index in [-0.39, 0.29) is 11.7 Å². The van der Waals surface area contributed by atoms with Gasteiger partial charge in [0.1, 0.15) is 6.07 Å². The summed E-state index contributed by atoms with van der Waals surface area (Å²) in [5.74, 6) is 0. The van der Waals surface area contributed by atoms with Crippen molar-refractivity contribution in [1.29, 1.82) is 5.26 Å². The van der Waals surface area contributed by atoms with E-state index in [0.717, 1.165) is 5.56 Å². The second-order valence-corrected chi connectivity index (χ2v) is 3.24. The standard InChI is InChI=1S/C10H10ClN3/c1-2-9(13)6-3-7(5-12)10(14)8(11)4-6/h2-4,9H,1,13-14H2. The molecule has 0 fully saturated rings. The van der Waals surface area contributed by atoms with Crippen molar-refractivity contribution >= 4 is 17.3 Å². The largest absolute Gasteiger partial charge is 0.396 e. The van der Waals surface area contributed by atoms with Gasteiger partial charge < -0.3 is 11.5 Å². The molecular weight excluding hydrogens is 198 g/mol. The molecule has 14 heavy (non-hydrogen) atoms. The van der Waals surface area contributed by atoms with Gasteiger partial charge in [-0.15, -0.1) is 6.58 Å². The molecule has 0 aliphatic heterocycles. The van der Waals surface area contributed by atoms with Crippen molar-refractivity contribution in [2.24, 2.45) is 5.73 Å². The van der Waals surface area contributed by atoms with Gasteiger partial charge in [-0.25, -0.2) is 0 Å². The lowest BCUT2D eigenvalue weighted by Crippen LogP contribution is -2.07. The monoisotopic (exact) mass is 207 g/mol. The molecule has 1 aromatic rings. The van der Waals surface area contributed by atoms with E-state index in [1.807, 2.05) is 6.07 Å². The Morgan fingerprint density at radius 1 is 1.57 bits per heavy atom. The average molecular weight is 208 g/mol. The first-order valence-electron chi connectivity index (χ1n) is 3.97. The van der Waals surface area contributed by atoms with Crippen LogP contribution in [-0.4, -0.2) is 0 Å². The minimum Gasteiger partial charge on any atom is -0.396 e. The smallest absolute Gasteiger partial charge is 0.101 e. The van der Waals surface area contributed by atoms with Gasteiger partial charge >= 0.3 is 0 Å². The number of nitrogens with two attached hydrogens (primary N) is 2. The number of nitriles is 1. The number of anilines is 1. The molecule has 1 unspecified atom stereocenters. The Morgan fingerprint density at radius 2 is 2.21 bits per heavy atom. The summed E-state index contributed by atoms with van der Waals surface area (Å²) in [5, 5.41) is 9.11. The molecule has 3 nitrogen and oxygen atoms in total. The second kappa shape index (κ2) is 4.14. The van der Waals surface area contributed by atoms with Crippen LogP contribution >= 0.6 is 11.6 Å². The van der Waals surface area contributed by atoms with Crippen LogP contribution in [-0.2, 0) is 0 Å². The third-order valence-corrected chi connectivity index (χ3v) is 2.22. The quantitative estimate of drug-likeness (QED) is 0.575. The number of halogens is 1. The highest BCUT2D eigenvalue weighted by molar-refractivity contribution is 6.33. The summed E-state index contributed by atoms with van der Waals surface area (Å²) in [4.78, 5) is 0. The molecule has 0 bridgehead atoms. The Labute approximate surface area is 87.6 Å². The zero-order valence-corrected chi connectivity index (χ0v) is 8.25. The molecule has 0 saturated carbocycles. The summed E-state index contributed by atoms with van der Waals surface area (Å²) in [6, 6.07) is 4.88. The van der Waals surface area contributed by atoms with Gasteiger partial charge in [0, 0.05) is 6.04 Å². The van der Waals surface area contributed by atoms with Gasteiger partial charge in [-0.3, -0.25) is 0 Å². The lowest BCUT2D eigenvalue weighted by molar-refractivity contribution is 0.914. The van der Waals surface area contributed by atoms with Crippen LogP contribution in [0.15, 0.2) is 24.8 Å². The van der Waals surface area contributed by atoms with Crippen LogP contribution in [0.3, 0.4) is 0 Å². The van der Waals surface area contributed by atoms with Crippen molar-refractivity contribution < 1.29 is 0 Å². The van der Waals surface area contributed by atoms with Crippen LogP contribution < -0.4 is 11.5 Å². The number of hydrogen-bond acceptors (Lipinski definition) is 3. The molecule has 0 heterocycles. The van der Waals surface area contributed by atoms with Gasteiger partial charge in [0.15, 0.2) is 0 Å². The van der Waals surface area contributed by atoms with Gasteiger partial charge in [-0.05, 0) is 17.7 Å². The highest BCUT2D eigenvalue weighted by atomic mass is 35.5. The van der Waals surface area contributed by atoms with E-state index < -0.39 is 0 Å². The minimum atomic E-state index is -0.333. The maximum absolute atomic E-state index is 8.77. The van der Waals surface area contributed by atoms with Crippen molar-refractivity contribution in [3.05, 3.63) is 40.9 Å². The van der Waals surface area contributed by atoms with E-state index in [0.29, 0.717) is 10.6 Å². The molecule has 1 aromatic carbocycles. The molecule has 1 atom stereocenters. The van der Waals surface area contributed by atoms with Gasteiger partial charge in [-0.1, -0.05) is 17.7 Å². The third-order valence-electron chi connectivity index (χ3n) is 1.91. The number of hydrogen-bond donors (Lipinski definition) is 2. The van der Waals surface area contributed by atoms with Crippen LogP contribution in [0.25, 0.3) is 0 Å². The van der Waals surface area contributed by atoms with E-state index in [1.165, 1.54) is 0 Å². The normalized spacial score (nSPS) is 11.8. The molecule has 0 saturated heterocycles. The lowest BCUT2D eigenvalue weighted by atomic mass is 10.0. The number of rotatable bonds is 2. The van der Waals surface area contributed by atoms with Gasteiger partial charge in [0.25, 0.3) is 0 Å². The van der Waals surface area contributed by atoms with Gasteiger partial charge in [0.2, 0.25) is 0 Å². The molecule has 4 heteroatoms. The molecular formula is C10H10ClN3. The first-order valence-corrected chi connectivity index (χ1v) is 4.35. The van der Waals surface area contributed by atoms with Crippen molar-refractivity contribution in [2.75, 3.05) is 5.73 Å². The highest BCUT2D eigenvalue weighted by Crippen LogP contribution is 2.26. The molecule has 0 aliphatic carbocycles. The number of benzene rings is 1. The Morgan fingerprint density at radius 3 is 2.71 bits per heavy atom. The summed E-state index contributed by atoms with van der Waals surface area (Å²) < 4.78 is 0. The fourth-order valence-electron chi connectivity index (χ4n) is 1.06. The van der Waals surface area contributed by atoms with Crippen molar-refractivity contribution in [2.45, 2.75) is 6.04 Å².